The summed E-state index contributed by atoms with van der Waals surface area (Å²) in [6.07, 6.45) is 3.50. The summed E-state index contributed by atoms with van der Waals surface area (Å²) in [4.78, 5) is 25.5. The Morgan fingerprint density at radius 1 is 1.23 bits per heavy atom. The van der Waals surface area contributed by atoms with Crippen LogP contribution in [0.25, 0.3) is 0 Å². The fourth-order valence-electron chi connectivity index (χ4n) is 3.61. The van der Waals surface area contributed by atoms with E-state index in [2.05, 4.69) is 12.2 Å². The number of ether oxygens (including phenoxy) is 1. The molecule has 0 heterocycles. The zero-order valence-electron chi connectivity index (χ0n) is 15.9. The minimum Gasteiger partial charge on any atom is -0.497 e. The van der Waals surface area contributed by atoms with E-state index in [-0.39, 0.29) is 24.0 Å². The van der Waals surface area contributed by atoms with Gasteiger partial charge in [-0.25, -0.2) is 4.79 Å². The van der Waals surface area contributed by atoms with Gasteiger partial charge in [-0.05, 0) is 63.6 Å². The quantitative estimate of drug-likeness (QED) is 0.780. The topological polar surface area (TPSA) is 78.9 Å². The third-order valence-corrected chi connectivity index (χ3v) is 5.23. The first kappa shape index (κ1) is 20.1. The molecule has 6 heteroatoms. The molecule has 1 atom stereocenters. The van der Waals surface area contributed by atoms with E-state index in [4.69, 9.17) is 9.84 Å². The van der Waals surface area contributed by atoms with Gasteiger partial charge in [-0.3, -0.25) is 4.79 Å². The molecule has 144 valence electrons. The molecule has 6 nitrogen and oxygen atoms in total. The maximum absolute atomic E-state index is 12.7. The van der Waals surface area contributed by atoms with E-state index in [0.29, 0.717) is 19.4 Å². The number of hydrogen-bond acceptors (Lipinski definition) is 3. The predicted molar refractivity (Wildman–Crippen MR) is 100 cm³/mol. The number of nitrogens with zero attached hydrogens (tertiary/aromatic N) is 1. The molecular weight excluding hydrogens is 332 g/mol. The highest BCUT2D eigenvalue weighted by Crippen LogP contribution is 2.24. The summed E-state index contributed by atoms with van der Waals surface area (Å²) in [7, 11) is 1.64. The molecular formula is C20H30N2O4. The molecule has 1 aromatic rings. The maximum Gasteiger partial charge on any atom is 0.317 e. The molecule has 0 bridgehead atoms. The van der Waals surface area contributed by atoms with Crippen molar-refractivity contribution in [2.45, 2.75) is 58.0 Å². The van der Waals surface area contributed by atoms with Crippen LogP contribution in [-0.4, -0.2) is 47.7 Å². The van der Waals surface area contributed by atoms with Crippen LogP contribution < -0.4 is 10.1 Å². The standard InChI is InChI=1S/C20H30N2O4/c1-4-22(14(2)13-15-5-11-18(26-3)12-6-15)20(25)21-17-9-7-16(8-10-17)19(23)24/h5-6,11-12,14,16-17H,4,7-10,13H2,1-3H3,(H,21,25)(H,23,24). The van der Waals surface area contributed by atoms with Crippen LogP contribution in [0, 0.1) is 5.92 Å². The largest absolute Gasteiger partial charge is 0.497 e. The Labute approximate surface area is 155 Å². The highest BCUT2D eigenvalue weighted by atomic mass is 16.5. The Kier molecular flexibility index (Phi) is 7.30. The summed E-state index contributed by atoms with van der Waals surface area (Å²) >= 11 is 0. The van der Waals surface area contributed by atoms with E-state index < -0.39 is 5.97 Å². The van der Waals surface area contributed by atoms with E-state index in [0.717, 1.165) is 30.6 Å². The fraction of sp³-hybridized carbons (Fsp3) is 0.600. The van der Waals surface area contributed by atoms with E-state index >= 15 is 0 Å². The van der Waals surface area contributed by atoms with Gasteiger partial charge < -0.3 is 20.1 Å². The second-order valence-electron chi connectivity index (χ2n) is 7.02. The number of carbonyl (C=O) groups excluding carboxylic acids is 1. The molecule has 0 saturated heterocycles. The van der Waals surface area contributed by atoms with Crippen molar-refractivity contribution in [1.82, 2.24) is 10.2 Å². The Morgan fingerprint density at radius 2 is 1.85 bits per heavy atom. The van der Waals surface area contributed by atoms with Crippen molar-refractivity contribution in [3.8, 4) is 5.75 Å². The Morgan fingerprint density at radius 3 is 2.35 bits per heavy atom. The average molecular weight is 362 g/mol. The number of carbonyl (C=O) groups is 2. The van der Waals surface area contributed by atoms with Gasteiger partial charge in [0.05, 0.1) is 13.0 Å². The number of nitrogens with one attached hydrogen (secondary N) is 1. The Hall–Kier alpha value is -2.24. The molecule has 1 saturated carbocycles. The van der Waals surface area contributed by atoms with Gasteiger partial charge in [0.15, 0.2) is 0 Å². The third kappa shape index (κ3) is 5.38. The van der Waals surface area contributed by atoms with Crippen molar-refractivity contribution in [2.24, 2.45) is 5.92 Å². The molecule has 1 aliphatic rings. The van der Waals surface area contributed by atoms with Gasteiger partial charge in [-0.15, -0.1) is 0 Å². The highest BCUT2D eigenvalue weighted by Gasteiger charge is 2.28. The molecule has 0 radical (unpaired) electrons. The minimum absolute atomic E-state index is 0.0627. The van der Waals surface area contributed by atoms with E-state index in [9.17, 15) is 9.59 Å². The van der Waals surface area contributed by atoms with Crippen molar-refractivity contribution >= 4 is 12.0 Å². The first-order valence-corrected chi connectivity index (χ1v) is 9.37. The molecule has 0 aliphatic heterocycles. The van der Waals surface area contributed by atoms with Gasteiger partial charge in [-0.1, -0.05) is 12.1 Å². The summed E-state index contributed by atoms with van der Waals surface area (Å²) in [5.41, 5.74) is 1.16. The van der Waals surface area contributed by atoms with Crippen LogP contribution in [0.3, 0.4) is 0 Å². The highest BCUT2D eigenvalue weighted by molar-refractivity contribution is 5.75. The van der Waals surface area contributed by atoms with Crippen LogP contribution in [0.15, 0.2) is 24.3 Å². The lowest BCUT2D eigenvalue weighted by Gasteiger charge is -2.32. The van der Waals surface area contributed by atoms with E-state index in [1.165, 1.54) is 0 Å². The number of amides is 2. The second-order valence-corrected chi connectivity index (χ2v) is 7.02. The lowest BCUT2D eigenvalue weighted by molar-refractivity contribution is -0.142. The summed E-state index contributed by atoms with van der Waals surface area (Å²) < 4.78 is 5.18. The molecule has 26 heavy (non-hydrogen) atoms. The van der Waals surface area contributed by atoms with Crippen molar-refractivity contribution in [3.63, 3.8) is 0 Å². The molecule has 0 spiro atoms. The normalized spacial score (nSPS) is 20.9. The first-order valence-electron chi connectivity index (χ1n) is 9.37. The SMILES string of the molecule is CCN(C(=O)NC1CCC(C(=O)O)CC1)C(C)Cc1ccc(OC)cc1. The monoisotopic (exact) mass is 362 g/mol. The molecule has 1 aromatic carbocycles. The Balaban J connectivity index is 1.87. The smallest absolute Gasteiger partial charge is 0.317 e. The number of rotatable bonds is 7. The number of carboxylic acid groups (broad SMARTS) is 1. The van der Waals surface area contributed by atoms with Gasteiger partial charge in [0.25, 0.3) is 0 Å². The number of aliphatic carboxylic acids is 1. The maximum atomic E-state index is 12.7. The summed E-state index contributed by atoms with van der Waals surface area (Å²) in [5, 5.41) is 12.2. The Bertz CT molecular complexity index is 594. The van der Waals surface area contributed by atoms with Gasteiger partial charge in [0, 0.05) is 18.6 Å². The number of hydrogen-bond donors (Lipinski definition) is 2. The van der Waals surface area contributed by atoms with Crippen LogP contribution >= 0.6 is 0 Å². The van der Waals surface area contributed by atoms with Gasteiger partial charge in [-0.2, -0.15) is 0 Å². The van der Waals surface area contributed by atoms with Crippen molar-refractivity contribution < 1.29 is 19.4 Å². The van der Waals surface area contributed by atoms with Crippen LogP contribution in [-0.2, 0) is 11.2 Å². The van der Waals surface area contributed by atoms with E-state index in [1.54, 1.807) is 7.11 Å². The fourth-order valence-corrected chi connectivity index (χ4v) is 3.61. The molecule has 1 aliphatic carbocycles. The van der Waals surface area contributed by atoms with Gasteiger partial charge in [0.2, 0.25) is 0 Å². The van der Waals surface area contributed by atoms with Gasteiger partial charge >= 0.3 is 12.0 Å². The first-order chi connectivity index (χ1) is 12.4. The molecule has 2 rings (SSSR count). The van der Waals surface area contributed by atoms with E-state index in [1.807, 2.05) is 36.1 Å². The minimum atomic E-state index is -0.724. The zero-order chi connectivity index (χ0) is 19.1. The van der Waals surface area contributed by atoms with Crippen LogP contribution in [0.4, 0.5) is 4.79 Å². The summed E-state index contributed by atoms with van der Waals surface area (Å²) in [6, 6.07) is 7.98. The third-order valence-electron chi connectivity index (χ3n) is 5.23. The average Bonchev–Trinajstić information content (AvgIpc) is 2.63. The number of benzene rings is 1. The van der Waals surface area contributed by atoms with Crippen molar-refractivity contribution in [2.75, 3.05) is 13.7 Å². The molecule has 2 N–H and O–H groups in total. The van der Waals surface area contributed by atoms with Crippen molar-refractivity contribution in [1.29, 1.82) is 0 Å². The molecule has 1 fully saturated rings. The lowest BCUT2D eigenvalue weighted by atomic mass is 9.86. The summed E-state index contributed by atoms with van der Waals surface area (Å²) in [6.45, 7) is 4.66. The second kappa shape index (κ2) is 9.46. The summed E-state index contributed by atoms with van der Waals surface area (Å²) in [5.74, 6) is -0.166. The lowest BCUT2D eigenvalue weighted by Crippen LogP contribution is -2.49. The molecule has 0 aromatic heterocycles. The molecule has 2 amide bonds. The van der Waals surface area contributed by atoms with Gasteiger partial charge in [0.1, 0.15) is 5.75 Å². The van der Waals surface area contributed by atoms with Crippen LogP contribution in [0.2, 0.25) is 0 Å². The van der Waals surface area contributed by atoms with Crippen LogP contribution in [0.5, 0.6) is 5.75 Å². The predicted octanol–water partition coefficient (Wildman–Crippen LogP) is 3.30. The zero-order valence-corrected chi connectivity index (χ0v) is 15.9. The molecule has 1 unspecified atom stereocenters. The number of methoxy groups -OCH3 is 1. The number of likely N-dealkylation sites (N-methyl/N-ethyl adjacent to an activating group) is 1. The number of urea groups is 1. The van der Waals surface area contributed by atoms with Crippen LogP contribution in [0.1, 0.15) is 45.1 Å². The van der Waals surface area contributed by atoms with Crippen molar-refractivity contribution in [3.05, 3.63) is 29.8 Å². The number of carboxylic acids is 1.